The van der Waals surface area contributed by atoms with E-state index in [0.29, 0.717) is 18.9 Å². The molecule has 19 heavy (non-hydrogen) atoms. The van der Waals surface area contributed by atoms with Crippen LogP contribution >= 0.6 is 0 Å². The fraction of sp³-hybridized carbons (Fsp3) is 0.364. The van der Waals surface area contributed by atoms with Crippen LogP contribution in [-0.2, 0) is 25.2 Å². The van der Waals surface area contributed by atoms with Gasteiger partial charge in [-0.2, -0.15) is 0 Å². The third kappa shape index (κ3) is 2.83. The minimum atomic E-state index is -3.69. The van der Waals surface area contributed by atoms with Crippen molar-refractivity contribution < 1.29 is 26.7 Å². The number of carbonyl (C=O) groups excluding carboxylic acids is 1. The van der Waals surface area contributed by atoms with Gasteiger partial charge in [-0.25, -0.2) is 17.2 Å². The Labute approximate surface area is 108 Å². The molecule has 0 aromatic heterocycles. The normalized spacial score (nSPS) is 16.8. The molecule has 1 N–H and O–H groups in total. The molecule has 1 aliphatic carbocycles. The Bertz CT molecular complexity index is 626. The van der Waals surface area contributed by atoms with Gasteiger partial charge in [-0.05, 0) is 18.9 Å². The second-order valence-electron chi connectivity index (χ2n) is 4.39. The topological polar surface area (TPSA) is 72.5 Å². The second kappa shape index (κ2) is 4.44. The summed E-state index contributed by atoms with van der Waals surface area (Å²) in [6, 6.07) is 1.58. The summed E-state index contributed by atoms with van der Waals surface area (Å²) in [6.45, 7) is 0.194. The van der Waals surface area contributed by atoms with E-state index in [1.165, 1.54) is 0 Å². The predicted molar refractivity (Wildman–Crippen MR) is 62.9 cm³/mol. The monoisotopic (exact) mass is 291 g/mol. The van der Waals surface area contributed by atoms with Gasteiger partial charge in [-0.3, -0.25) is 9.52 Å². The van der Waals surface area contributed by atoms with Crippen LogP contribution in [0, 0.1) is 11.6 Å². The smallest absolute Gasteiger partial charge is 0.293 e. The van der Waals surface area contributed by atoms with Crippen LogP contribution in [-0.4, -0.2) is 21.1 Å². The number of halogens is 2. The summed E-state index contributed by atoms with van der Waals surface area (Å²) in [5.41, 5.74) is -1.51. The number of ether oxygens (including phenoxy) is 1. The summed E-state index contributed by atoms with van der Waals surface area (Å²) < 4.78 is 56.1. The van der Waals surface area contributed by atoms with Crippen molar-refractivity contribution in [2.75, 3.05) is 11.0 Å². The van der Waals surface area contributed by atoms with Crippen molar-refractivity contribution >= 4 is 22.2 Å². The quantitative estimate of drug-likeness (QED) is 0.834. The molecule has 0 atom stereocenters. The van der Waals surface area contributed by atoms with E-state index in [-0.39, 0.29) is 17.7 Å². The average Bonchev–Trinajstić information content (AvgIpc) is 3.02. The van der Waals surface area contributed by atoms with Gasteiger partial charge in [0.2, 0.25) is 10.0 Å². The molecule has 0 aliphatic heterocycles. The van der Waals surface area contributed by atoms with Crippen molar-refractivity contribution in [3.8, 4) is 0 Å². The van der Waals surface area contributed by atoms with Crippen LogP contribution in [0.4, 0.5) is 14.5 Å². The lowest BCUT2D eigenvalue weighted by molar-refractivity contribution is -0.136. The maximum Gasteiger partial charge on any atom is 0.293 e. The van der Waals surface area contributed by atoms with Crippen molar-refractivity contribution in [2.45, 2.75) is 18.4 Å². The van der Waals surface area contributed by atoms with Gasteiger partial charge in [-0.15, -0.1) is 0 Å². The van der Waals surface area contributed by atoms with Gasteiger partial charge in [0.25, 0.3) is 6.47 Å². The van der Waals surface area contributed by atoms with Gasteiger partial charge in [-0.1, -0.05) is 0 Å². The Morgan fingerprint density at radius 2 is 1.95 bits per heavy atom. The van der Waals surface area contributed by atoms with Crippen LogP contribution in [0.5, 0.6) is 0 Å². The molecule has 8 heteroatoms. The maximum absolute atomic E-state index is 13.7. The van der Waals surface area contributed by atoms with Crippen LogP contribution in [0.25, 0.3) is 0 Å². The number of hydrogen-bond acceptors (Lipinski definition) is 4. The fourth-order valence-corrected chi connectivity index (χ4v) is 2.39. The SMILES string of the molecule is CS(=O)(=O)Nc1cc(C2(OC=O)CC2)c(F)cc1F. The molecule has 1 aliphatic rings. The third-order valence-electron chi connectivity index (χ3n) is 2.82. The molecule has 2 rings (SSSR count). The van der Waals surface area contributed by atoms with Crippen molar-refractivity contribution in [1.29, 1.82) is 0 Å². The molecule has 104 valence electrons. The molecule has 0 spiro atoms. The van der Waals surface area contributed by atoms with Crippen LogP contribution < -0.4 is 4.72 Å². The molecule has 1 aromatic rings. The first kappa shape index (κ1) is 13.7. The number of sulfonamides is 1. The molecule has 0 bridgehead atoms. The molecule has 5 nitrogen and oxygen atoms in total. The van der Waals surface area contributed by atoms with E-state index in [2.05, 4.69) is 0 Å². The number of rotatable bonds is 5. The van der Waals surface area contributed by atoms with Gasteiger partial charge in [0.15, 0.2) is 0 Å². The first-order valence-electron chi connectivity index (χ1n) is 5.36. The highest BCUT2D eigenvalue weighted by Crippen LogP contribution is 2.50. The van der Waals surface area contributed by atoms with E-state index in [4.69, 9.17) is 4.74 Å². The van der Waals surface area contributed by atoms with Gasteiger partial charge < -0.3 is 4.74 Å². The van der Waals surface area contributed by atoms with Crippen LogP contribution in [0.2, 0.25) is 0 Å². The molecule has 1 saturated carbocycles. The number of benzene rings is 1. The zero-order chi connectivity index (χ0) is 14.3. The van der Waals surface area contributed by atoms with E-state index in [1.54, 1.807) is 0 Å². The van der Waals surface area contributed by atoms with E-state index < -0.39 is 27.3 Å². The maximum atomic E-state index is 13.7. The zero-order valence-electron chi connectivity index (χ0n) is 9.94. The van der Waals surface area contributed by atoms with Crippen LogP contribution in [0.3, 0.4) is 0 Å². The van der Waals surface area contributed by atoms with Gasteiger partial charge >= 0.3 is 0 Å². The molecule has 0 heterocycles. The predicted octanol–water partition coefficient (Wildman–Crippen LogP) is 1.50. The summed E-state index contributed by atoms with van der Waals surface area (Å²) >= 11 is 0. The first-order chi connectivity index (χ1) is 8.77. The van der Waals surface area contributed by atoms with Crippen molar-refractivity contribution in [3.63, 3.8) is 0 Å². The summed E-state index contributed by atoms with van der Waals surface area (Å²) in [7, 11) is -3.69. The van der Waals surface area contributed by atoms with Gasteiger partial charge in [0, 0.05) is 11.6 Å². The molecule has 1 aromatic carbocycles. The van der Waals surface area contributed by atoms with Crippen molar-refractivity contribution in [3.05, 3.63) is 29.3 Å². The minimum Gasteiger partial charge on any atom is -0.456 e. The Hall–Kier alpha value is -1.70. The molecular weight excluding hydrogens is 280 g/mol. The van der Waals surface area contributed by atoms with E-state index in [9.17, 15) is 22.0 Å². The number of nitrogens with one attached hydrogen (secondary N) is 1. The summed E-state index contributed by atoms with van der Waals surface area (Å²) in [5.74, 6) is -1.91. The Balaban J connectivity index is 2.46. The van der Waals surface area contributed by atoms with Gasteiger partial charge in [0.05, 0.1) is 11.9 Å². The molecular formula is C11H11F2NO4S. The standard InChI is InChI=1S/C11H11F2NO4S/c1-19(16,17)14-10-4-7(8(12)5-9(10)13)11(2-3-11)18-6-15/h4-6,14H,2-3H2,1H3. The average molecular weight is 291 g/mol. The van der Waals surface area contributed by atoms with E-state index >= 15 is 0 Å². The summed E-state index contributed by atoms with van der Waals surface area (Å²) in [5, 5.41) is 0. The van der Waals surface area contributed by atoms with Crippen LogP contribution in [0.1, 0.15) is 18.4 Å². The highest BCUT2D eigenvalue weighted by molar-refractivity contribution is 7.92. The Kier molecular flexibility index (Phi) is 3.21. The highest BCUT2D eigenvalue weighted by Gasteiger charge is 2.49. The zero-order valence-corrected chi connectivity index (χ0v) is 10.8. The van der Waals surface area contributed by atoms with E-state index in [1.807, 2.05) is 4.72 Å². The molecule has 1 fully saturated rings. The summed E-state index contributed by atoms with van der Waals surface area (Å²) in [4.78, 5) is 10.4. The van der Waals surface area contributed by atoms with E-state index in [0.717, 1.165) is 12.3 Å². The number of carbonyl (C=O) groups is 1. The number of anilines is 1. The molecule has 0 radical (unpaired) electrons. The molecule has 0 amide bonds. The molecule has 0 saturated heterocycles. The second-order valence-corrected chi connectivity index (χ2v) is 6.14. The van der Waals surface area contributed by atoms with Crippen molar-refractivity contribution in [1.82, 2.24) is 0 Å². The lowest BCUT2D eigenvalue weighted by Gasteiger charge is -2.16. The Morgan fingerprint density at radius 1 is 1.32 bits per heavy atom. The lowest BCUT2D eigenvalue weighted by atomic mass is 10.1. The first-order valence-corrected chi connectivity index (χ1v) is 7.25. The largest absolute Gasteiger partial charge is 0.456 e. The highest BCUT2D eigenvalue weighted by atomic mass is 32.2. The fourth-order valence-electron chi connectivity index (χ4n) is 1.83. The lowest BCUT2D eigenvalue weighted by Crippen LogP contribution is -2.16. The Morgan fingerprint density at radius 3 is 2.42 bits per heavy atom. The third-order valence-corrected chi connectivity index (χ3v) is 3.41. The van der Waals surface area contributed by atoms with Crippen molar-refractivity contribution in [2.24, 2.45) is 0 Å². The minimum absolute atomic E-state index is 0.0350. The summed E-state index contributed by atoms with van der Waals surface area (Å²) in [6.07, 6.45) is 1.67. The number of hydrogen-bond donors (Lipinski definition) is 1. The van der Waals surface area contributed by atoms with Gasteiger partial charge in [0.1, 0.15) is 17.2 Å². The molecule has 0 unspecified atom stereocenters. The van der Waals surface area contributed by atoms with Crippen LogP contribution in [0.15, 0.2) is 12.1 Å².